The van der Waals surface area contributed by atoms with Crippen molar-refractivity contribution in [2.24, 2.45) is 5.14 Å². The van der Waals surface area contributed by atoms with Crippen LogP contribution in [0.15, 0.2) is 67.1 Å². The Balaban J connectivity index is 0.000000177. The molecule has 0 bridgehead atoms. The summed E-state index contributed by atoms with van der Waals surface area (Å²) in [6.07, 6.45) is 10.8. The van der Waals surface area contributed by atoms with Gasteiger partial charge >= 0.3 is 5.97 Å². The Bertz CT molecular complexity index is 1500. The molecule has 2 heterocycles. The van der Waals surface area contributed by atoms with Crippen molar-refractivity contribution in [3.8, 4) is 5.69 Å². The van der Waals surface area contributed by atoms with Crippen LogP contribution in [0.5, 0.6) is 0 Å². The standard InChI is InChI=1S/C14H22N2O2S.C13H8FN3O2/c1-16(19(15,17)18)11-12-7-9-14(10-8-12)13-5-3-2-4-6-13;14-8-1-3-9(4-2-8)17-12-7-15-5-11(13(18)19)10(12)6-16-17/h7-10,13H,2-6,11H2,1H3,(H2,15,17,18);1-7H,(H,18,19). The van der Waals surface area contributed by atoms with Gasteiger partial charge in [-0.05, 0) is 54.2 Å². The Labute approximate surface area is 220 Å². The zero-order chi connectivity index (χ0) is 27.3. The first-order chi connectivity index (χ1) is 18.1. The van der Waals surface area contributed by atoms with Crippen LogP contribution in [-0.2, 0) is 16.8 Å². The first kappa shape index (κ1) is 27.4. The molecule has 4 aromatic rings. The van der Waals surface area contributed by atoms with E-state index in [1.54, 1.807) is 12.1 Å². The maximum atomic E-state index is 12.9. The Morgan fingerprint density at radius 3 is 2.32 bits per heavy atom. The fourth-order valence-corrected chi connectivity index (χ4v) is 4.91. The van der Waals surface area contributed by atoms with E-state index in [0.29, 0.717) is 29.1 Å². The van der Waals surface area contributed by atoms with Gasteiger partial charge in [0.05, 0.1) is 29.2 Å². The zero-order valence-corrected chi connectivity index (χ0v) is 21.8. The predicted octanol–water partition coefficient (Wildman–Crippen LogP) is 4.63. The molecule has 0 atom stereocenters. The first-order valence-corrected chi connectivity index (χ1v) is 13.8. The minimum atomic E-state index is -3.60. The summed E-state index contributed by atoms with van der Waals surface area (Å²) in [4.78, 5) is 15.0. The topological polar surface area (TPSA) is 131 Å². The third kappa shape index (κ3) is 6.60. The molecule has 5 rings (SSSR count). The van der Waals surface area contributed by atoms with Crippen molar-refractivity contribution in [3.05, 3.63) is 89.6 Å². The van der Waals surface area contributed by atoms with Crippen molar-refractivity contribution in [3.63, 3.8) is 0 Å². The minimum Gasteiger partial charge on any atom is -0.478 e. The highest BCUT2D eigenvalue weighted by atomic mass is 32.2. The summed E-state index contributed by atoms with van der Waals surface area (Å²) in [6.45, 7) is 0.323. The van der Waals surface area contributed by atoms with Crippen LogP contribution >= 0.6 is 0 Å². The van der Waals surface area contributed by atoms with Crippen molar-refractivity contribution in [1.82, 2.24) is 19.1 Å². The maximum absolute atomic E-state index is 12.9. The second kappa shape index (κ2) is 11.8. The number of carbonyl (C=O) groups is 1. The van der Waals surface area contributed by atoms with Crippen LogP contribution in [0.25, 0.3) is 16.6 Å². The van der Waals surface area contributed by atoms with Crippen molar-refractivity contribution in [1.29, 1.82) is 0 Å². The number of benzene rings is 2. The van der Waals surface area contributed by atoms with Gasteiger partial charge in [0.25, 0.3) is 10.2 Å². The number of hydrogen-bond acceptors (Lipinski definition) is 5. The summed E-state index contributed by atoms with van der Waals surface area (Å²) in [5.74, 6) is -0.722. The summed E-state index contributed by atoms with van der Waals surface area (Å²) < 4.78 is 37.9. The molecule has 3 N–H and O–H groups in total. The second-order valence-corrected chi connectivity index (χ2v) is 11.0. The Morgan fingerprint density at radius 2 is 1.71 bits per heavy atom. The minimum absolute atomic E-state index is 0.0888. The highest BCUT2D eigenvalue weighted by Gasteiger charge is 2.16. The van der Waals surface area contributed by atoms with Gasteiger partial charge in [-0.25, -0.2) is 19.0 Å². The Hall–Kier alpha value is -3.67. The first-order valence-electron chi connectivity index (χ1n) is 12.3. The number of rotatable bonds is 6. The lowest BCUT2D eigenvalue weighted by Gasteiger charge is -2.22. The number of hydrogen-bond donors (Lipinski definition) is 2. The number of halogens is 1. The molecule has 9 nitrogen and oxygen atoms in total. The molecule has 1 aliphatic rings. The highest BCUT2D eigenvalue weighted by molar-refractivity contribution is 7.86. The number of nitrogens with two attached hydrogens (primary N) is 1. The largest absolute Gasteiger partial charge is 0.478 e. The van der Waals surface area contributed by atoms with Crippen LogP contribution in [0.2, 0.25) is 0 Å². The fraction of sp³-hybridized carbons (Fsp3) is 0.296. The molecule has 11 heteroatoms. The number of pyridine rings is 1. The molecule has 38 heavy (non-hydrogen) atoms. The Kier molecular flexibility index (Phi) is 8.50. The van der Waals surface area contributed by atoms with Crippen molar-refractivity contribution in [2.45, 2.75) is 44.6 Å². The molecule has 0 spiro atoms. The molecule has 1 saturated carbocycles. The number of aromatic carboxylic acids is 1. The van der Waals surface area contributed by atoms with Gasteiger partial charge in [0.15, 0.2) is 0 Å². The van der Waals surface area contributed by atoms with E-state index in [2.05, 4.69) is 22.2 Å². The molecule has 0 amide bonds. The van der Waals surface area contributed by atoms with E-state index in [1.165, 1.54) is 80.1 Å². The molecule has 1 fully saturated rings. The average Bonchev–Trinajstić information content (AvgIpc) is 3.34. The van der Waals surface area contributed by atoms with Crippen LogP contribution in [-0.4, -0.2) is 45.6 Å². The van der Waals surface area contributed by atoms with E-state index in [-0.39, 0.29) is 11.4 Å². The summed E-state index contributed by atoms with van der Waals surface area (Å²) in [6, 6.07) is 14.0. The van der Waals surface area contributed by atoms with Crippen molar-refractivity contribution in [2.75, 3.05) is 7.05 Å². The summed E-state index contributed by atoms with van der Waals surface area (Å²) in [5, 5.41) is 18.8. The number of fused-ring (bicyclic) bond motifs is 1. The van der Waals surface area contributed by atoms with E-state index in [9.17, 15) is 17.6 Å². The summed E-state index contributed by atoms with van der Waals surface area (Å²) in [7, 11) is -2.11. The zero-order valence-electron chi connectivity index (χ0n) is 21.0. The maximum Gasteiger partial charge on any atom is 0.338 e. The van der Waals surface area contributed by atoms with Crippen molar-refractivity contribution < 1.29 is 22.7 Å². The second-order valence-electron chi connectivity index (χ2n) is 9.34. The number of carboxylic acids is 1. The van der Waals surface area contributed by atoms with Crippen LogP contribution in [0.1, 0.15) is 59.5 Å². The van der Waals surface area contributed by atoms with Gasteiger partial charge in [0.1, 0.15) is 5.82 Å². The van der Waals surface area contributed by atoms with Crippen LogP contribution in [0, 0.1) is 5.82 Å². The normalized spacial score (nSPS) is 14.3. The van der Waals surface area contributed by atoms with Gasteiger partial charge in [-0.2, -0.15) is 17.8 Å². The molecule has 0 radical (unpaired) electrons. The molecule has 0 unspecified atom stereocenters. The number of aromatic nitrogens is 3. The van der Waals surface area contributed by atoms with Crippen LogP contribution in [0.4, 0.5) is 4.39 Å². The molecule has 200 valence electrons. The van der Waals surface area contributed by atoms with E-state index < -0.39 is 16.2 Å². The molecular weight excluding hydrogens is 509 g/mol. The smallest absolute Gasteiger partial charge is 0.338 e. The SMILES string of the molecule is CN(Cc1ccc(C2CCCCC2)cc1)S(N)(=O)=O.O=C(O)c1cncc2c1cnn2-c1ccc(F)cc1. The third-order valence-electron chi connectivity index (χ3n) is 6.69. The van der Waals surface area contributed by atoms with Crippen molar-refractivity contribution >= 4 is 27.1 Å². The number of carboxylic acid groups (broad SMARTS) is 1. The van der Waals surface area contributed by atoms with Crippen LogP contribution < -0.4 is 5.14 Å². The van der Waals surface area contributed by atoms with E-state index >= 15 is 0 Å². The summed E-state index contributed by atoms with van der Waals surface area (Å²) >= 11 is 0. The monoisotopic (exact) mass is 539 g/mol. The molecule has 0 saturated heterocycles. The molecule has 0 aliphatic heterocycles. The molecule has 1 aliphatic carbocycles. The van der Waals surface area contributed by atoms with E-state index in [0.717, 1.165) is 9.87 Å². The van der Waals surface area contributed by atoms with Gasteiger partial charge in [0, 0.05) is 25.2 Å². The highest BCUT2D eigenvalue weighted by Crippen LogP contribution is 2.32. The van der Waals surface area contributed by atoms with E-state index in [1.807, 2.05) is 12.1 Å². The molecule has 2 aromatic heterocycles. The summed E-state index contributed by atoms with van der Waals surface area (Å²) in [5.41, 5.74) is 3.64. The van der Waals surface area contributed by atoms with Gasteiger partial charge in [-0.15, -0.1) is 0 Å². The predicted molar refractivity (Wildman–Crippen MR) is 143 cm³/mol. The Morgan fingerprint density at radius 1 is 1.05 bits per heavy atom. The quantitative estimate of drug-likeness (QED) is 0.367. The third-order valence-corrected chi connectivity index (χ3v) is 7.69. The van der Waals surface area contributed by atoms with Crippen LogP contribution in [0.3, 0.4) is 0 Å². The van der Waals surface area contributed by atoms with Gasteiger partial charge in [0.2, 0.25) is 0 Å². The fourth-order valence-electron chi connectivity index (χ4n) is 4.58. The van der Waals surface area contributed by atoms with Gasteiger partial charge in [-0.3, -0.25) is 4.98 Å². The van der Waals surface area contributed by atoms with E-state index in [4.69, 9.17) is 10.2 Å². The number of nitrogens with zero attached hydrogens (tertiary/aromatic N) is 4. The molecular formula is C27H30FN5O4S. The molecule has 2 aromatic carbocycles. The average molecular weight is 540 g/mol. The van der Waals surface area contributed by atoms with Gasteiger partial charge < -0.3 is 5.11 Å². The lowest BCUT2D eigenvalue weighted by molar-refractivity contribution is 0.0698. The lowest BCUT2D eigenvalue weighted by Crippen LogP contribution is -2.32. The van der Waals surface area contributed by atoms with Gasteiger partial charge in [-0.1, -0.05) is 43.5 Å². The lowest BCUT2D eigenvalue weighted by atomic mass is 9.84.